The third-order valence-electron chi connectivity index (χ3n) is 4.09. The van der Waals surface area contributed by atoms with Gasteiger partial charge in [0.1, 0.15) is 5.76 Å². The van der Waals surface area contributed by atoms with Crippen molar-refractivity contribution in [2.24, 2.45) is 0 Å². The van der Waals surface area contributed by atoms with Crippen molar-refractivity contribution >= 4 is 23.3 Å². The van der Waals surface area contributed by atoms with E-state index in [1.807, 2.05) is 30.3 Å². The number of benzene rings is 1. The monoisotopic (exact) mass is 342 g/mol. The van der Waals surface area contributed by atoms with Crippen molar-refractivity contribution in [1.82, 2.24) is 10.2 Å². The van der Waals surface area contributed by atoms with Gasteiger partial charge in [0.25, 0.3) is 0 Å². The highest BCUT2D eigenvalue weighted by Crippen LogP contribution is 2.21. The van der Waals surface area contributed by atoms with E-state index in [9.17, 15) is 9.59 Å². The SMILES string of the molecule is CC(=O)Nc1cccc(N2CCN(C(=O)NCc3ccco3)CC2)c1. The van der Waals surface area contributed by atoms with Gasteiger partial charge in [0.15, 0.2) is 0 Å². The molecule has 1 fully saturated rings. The van der Waals surface area contributed by atoms with Crippen LogP contribution in [0.4, 0.5) is 16.2 Å². The number of urea groups is 1. The van der Waals surface area contributed by atoms with E-state index in [0.717, 1.165) is 30.2 Å². The number of nitrogens with zero attached hydrogens (tertiary/aromatic N) is 2. The first-order valence-electron chi connectivity index (χ1n) is 8.29. The summed E-state index contributed by atoms with van der Waals surface area (Å²) in [5.74, 6) is 0.650. The quantitative estimate of drug-likeness (QED) is 0.893. The number of hydrogen-bond acceptors (Lipinski definition) is 4. The Hall–Kier alpha value is -2.96. The van der Waals surface area contributed by atoms with Gasteiger partial charge in [0, 0.05) is 44.5 Å². The van der Waals surface area contributed by atoms with Crippen LogP contribution in [0.15, 0.2) is 47.1 Å². The fourth-order valence-electron chi connectivity index (χ4n) is 2.84. The maximum Gasteiger partial charge on any atom is 0.317 e. The Morgan fingerprint density at radius 1 is 1.12 bits per heavy atom. The summed E-state index contributed by atoms with van der Waals surface area (Å²) in [5, 5.41) is 5.66. The van der Waals surface area contributed by atoms with Crippen molar-refractivity contribution in [1.29, 1.82) is 0 Å². The van der Waals surface area contributed by atoms with Crippen LogP contribution in [-0.4, -0.2) is 43.0 Å². The van der Waals surface area contributed by atoms with E-state index < -0.39 is 0 Å². The fourth-order valence-corrected chi connectivity index (χ4v) is 2.84. The Morgan fingerprint density at radius 3 is 2.60 bits per heavy atom. The molecular weight excluding hydrogens is 320 g/mol. The predicted octanol–water partition coefficient (Wildman–Crippen LogP) is 2.27. The van der Waals surface area contributed by atoms with Gasteiger partial charge in [0.05, 0.1) is 12.8 Å². The zero-order valence-electron chi connectivity index (χ0n) is 14.2. The van der Waals surface area contributed by atoms with Crippen molar-refractivity contribution in [3.63, 3.8) is 0 Å². The lowest BCUT2D eigenvalue weighted by atomic mass is 10.2. The average Bonchev–Trinajstić information content (AvgIpc) is 3.13. The van der Waals surface area contributed by atoms with Gasteiger partial charge in [-0.15, -0.1) is 0 Å². The van der Waals surface area contributed by atoms with Gasteiger partial charge in [-0.05, 0) is 30.3 Å². The fraction of sp³-hybridized carbons (Fsp3) is 0.333. The molecule has 0 spiro atoms. The highest BCUT2D eigenvalue weighted by Gasteiger charge is 2.21. The molecule has 0 aliphatic carbocycles. The van der Waals surface area contributed by atoms with Crippen molar-refractivity contribution in [3.8, 4) is 0 Å². The van der Waals surface area contributed by atoms with E-state index in [1.165, 1.54) is 6.92 Å². The van der Waals surface area contributed by atoms with Crippen molar-refractivity contribution in [3.05, 3.63) is 48.4 Å². The normalized spacial score (nSPS) is 14.3. The molecule has 1 aromatic carbocycles. The second kappa shape index (κ2) is 7.74. The van der Waals surface area contributed by atoms with Gasteiger partial charge in [-0.25, -0.2) is 4.79 Å². The number of carbonyl (C=O) groups is 2. The van der Waals surface area contributed by atoms with Crippen LogP contribution in [0.1, 0.15) is 12.7 Å². The molecule has 3 amide bonds. The number of carbonyl (C=O) groups excluding carboxylic acids is 2. The molecule has 0 bridgehead atoms. The van der Waals surface area contributed by atoms with Crippen LogP contribution in [0.25, 0.3) is 0 Å². The molecule has 2 heterocycles. The predicted molar refractivity (Wildman–Crippen MR) is 95.5 cm³/mol. The molecule has 132 valence electrons. The summed E-state index contributed by atoms with van der Waals surface area (Å²) in [6, 6.07) is 11.3. The first-order valence-corrected chi connectivity index (χ1v) is 8.29. The standard InChI is InChI=1S/C18H22N4O3/c1-14(23)20-15-4-2-5-16(12-15)21-7-9-22(10-8-21)18(24)19-13-17-6-3-11-25-17/h2-6,11-12H,7-10,13H2,1H3,(H,19,24)(H,20,23). The third-order valence-corrected chi connectivity index (χ3v) is 4.09. The number of furan rings is 1. The van der Waals surface area contributed by atoms with Gasteiger partial charge in [-0.2, -0.15) is 0 Å². The first-order chi connectivity index (χ1) is 12.1. The second-order valence-electron chi connectivity index (χ2n) is 5.94. The zero-order valence-corrected chi connectivity index (χ0v) is 14.2. The highest BCUT2D eigenvalue weighted by atomic mass is 16.3. The minimum Gasteiger partial charge on any atom is -0.467 e. The first kappa shape index (κ1) is 16.9. The Bertz CT molecular complexity index is 722. The number of rotatable bonds is 4. The summed E-state index contributed by atoms with van der Waals surface area (Å²) in [7, 11) is 0. The molecule has 0 radical (unpaired) electrons. The number of hydrogen-bond donors (Lipinski definition) is 2. The van der Waals surface area contributed by atoms with E-state index in [2.05, 4.69) is 15.5 Å². The molecule has 0 unspecified atom stereocenters. The molecule has 1 aliphatic heterocycles. The van der Waals surface area contributed by atoms with Crippen LogP contribution in [0.5, 0.6) is 0 Å². The van der Waals surface area contributed by atoms with Crippen molar-refractivity contribution < 1.29 is 14.0 Å². The molecule has 7 heteroatoms. The molecule has 25 heavy (non-hydrogen) atoms. The van der Waals surface area contributed by atoms with E-state index in [4.69, 9.17) is 4.42 Å². The number of nitrogens with one attached hydrogen (secondary N) is 2. The summed E-state index contributed by atoms with van der Waals surface area (Å²) < 4.78 is 5.21. The van der Waals surface area contributed by atoms with Gasteiger partial charge in [-0.1, -0.05) is 6.07 Å². The third kappa shape index (κ3) is 4.53. The highest BCUT2D eigenvalue weighted by molar-refractivity contribution is 5.89. The van der Waals surface area contributed by atoms with Crippen LogP contribution < -0.4 is 15.5 Å². The Kier molecular flexibility index (Phi) is 5.23. The number of amides is 3. The lowest BCUT2D eigenvalue weighted by molar-refractivity contribution is -0.114. The molecule has 3 rings (SSSR count). The maximum absolute atomic E-state index is 12.2. The molecule has 1 aromatic heterocycles. The average molecular weight is 342 g/mol. The maximum atomic E-state index is 12.2. The van der Waals surface area contributed by atoms with Crippen LogP contribution in [0.2, 0.25) is 0 Å². The van der Waals surface area contributed by atoms with Gasteiger partial charge >= 0.3 is 6.03 Å². The summed E-state index contributed by atoms with van der Waals surface area (Å²) in [4.78, 5) is 27.4. The Morgan fingerprint density at radius 2 is 1.92 bits per heavy atom. The van der Waals surface area contributed by atoms with E-state index in [-0.39, 0.29) is 11.9 Å². The minimum atomic E-state index is -0.0878. The lowest BCUT2D eigenvalue weighted by Gasteiger charge is -2.36. The molecule has 0 saturated carbocycles. The molecule has 1 aliphatic rings. The minimum absolute atomic E-state index is 0.0805. The van der Waals surface area contributed by atoms with E-state index >= 15 is 0 Å². The summed E-state index contributed by atoms with van der Waals surface area (Å²) in [6.07, 6.45) is 1.59. The Balaban J connectivity index is 1.51. The van der Waals surface area contributed by atoms with Gasteiger partial charge in [0.2, 0.25) is 5.91 Å². The van der Waals surface area contributed by atoms with Crippen molar-refractivity contribution in [2.75, 3.05) is 36.4 Å². The Labute approximate surface area is 146 Å². The van der Waals surface area contributed by atoms with Crippen molar-refractivity contribution in [2.45, 2.75) is 13.5 Å². The molecule has 2 aromatic rings. The lowest BCUT2D eigenvalue weighted by Crippen LogP contribution is -2.51. The zero-order chi connectivity index (χ0) is 17.6. The van der Waals surface area contributed by atoms with E-state index in [0.29, 0.717) is 19.6 Å². The largest absolute Gasteiger partial charge is 0.467 e. The van der Waals surface area contributed by atoms with E-state index in [1.54, 1.807) is 17.2 Å². The van der Waals surface area contributed by atoms with Crippen LogP contribution in [-0.2, 0) is 11.3 Å². The van der Waals surface area contributed by atoms with Crippen LogP contribution >= 0.6 is 0 Å². The molecule has 2 N–H and O–H groups in total. The second-order valence-corrected chi connectivity index (χ2v) is 5.94. The van der Waals surface area contributed by atoms with Gasteiger partial charge < -0.3 is 24.9 Å². The molecule has 7 nitrogen and oxygen atoms in total. The summed E-state index contributed by atoms with van der Waals surface area (Å²) in [5.41, 5.74) is 1.82. The molecule has 0 atom stereocenters. The van der Waals surface area contributed by atoms with Gasteiger partial charge in [-0.3, -0.25) is 4.79 Å². The molecule has 1 saturated heterocycles. The van der Waals surface area contributed by atoms with Crippen LogP contribution in [0.3, 0.4) is 0 Å². The van der Waals surface area contributed by atoms with Crippen LogP contribution in [0, 0.1) is 0 Å². The number of anilines is 2. The molecular formula is C18H22N4O3. The smallest absolute Gasteiger partial charge is 0.317 e. The summed E-state index contributed by atoms with van der Waals surface area (Å²) >= 11 is 0. The topological polar surface area (TPSA) is 77.8 Å². The number of piperazine rings is 1. The summed E-state index contributed by atoms with van der Waals surface area (Å²) in [6.45, 7) is 4.68.